The van der Waals surface area contributed by atoms with Crippen LogP contribution >= 0.6 is 23.1 Å². The summed E-state index contributed by atoms with van der Waals surface area (Å²) < 4.78 is 30.8. The monoisotopic (exact) mass is 495 g/mol. The number of aliphatic hydroxyl groups is 1. The van der Waals surface area contributed by atoms with Crippen molar-refractivity contribution in [1.82, 2.24) is 9.55 Å². The summed E-state index contributed by atoms with van der Waals surface area (Å²) in [6.45, 7) is 10.1. The maximum atomic E-state index is 13.0. The molecule has 10 heteroatoms. The van der Waals surface area contributed by atoms with Gasteiger partial charge in [-0.1, -0.05) is 31.5 Å². The molecule has 0 atom stereocenters. The molecule has 7 nitrogen and oxygen atoms in total. The SMILES string of the molecule is Cc1ccc(S(=O)(=O)Nc2nc(=O)n3c(C)c(C)sc(SCC(C)(C)CCCO)c2-3)cc1. The summed E-state index contributed by atoms with van der Waals surface area (Å²) in [7, 11) is -3.90. The maximum Gasteiger partial charge on any atom is 0.354 e. The highest BCUT2D eigenvalue weighted by Gasteiger charge is 2.28. The maximum absolute atomic E-state index is 13.0. The Morgan fingerprint density at radius 1 is 1.19 bits per heavy atom. The van der Waals surface area contributed by atoms with Crippen LogP contribution in [0.5, 0.6) is 0 Å². The number of aryl methyl sites for hydroxylation is 2. The average Bonchev–Trinajstić information content (AvgIpc) is 3.04. The predicted octanol–water partition coefficient (Wildman–Crippen LogP) is 4.35. The number of nitrogens with zero attached hydrogens (tertiary/aromatic N) is 2. The number of imidazole rings is 1. The Balaban J connectivity index is 2.02. The van der Waals surface area contributed by atoms with Gasteiger partial charge >= 0.3 is 5.69 Å². The number of thioether (sulfide) groups is 1. The van der Waals surface area contributed by atoms with E-state index in [1.54, 1.807) is 23.9 Å². The zero-order valence-electron chi connectivity index (χ0n) is 18.9. The van der Waals surface area contributed by atoms with E-state index in [1.165, 1.54) is 28.0 Å². The zero-order chi connectivity index (χ0) is 23.7. The minimum atomic E-state index is -3.90. The van der Waals surface area contributed by atoms with E-state index in [9.17, 15) is 13.2 Å². The molecule has 2 aliphatic heterocycles. The fourth-order valence-corrected chi connectivity index (χ4v) is 6.87. The van der Waals surface area contributed by atoms with Crippen LogP contribution < -0.4 is 10.4 Å². The molecule has 32 heavy (non-hydrogen) atoms. The Morgan fingerprint density at radius 3 is 2.47 bits per heavy atom. The van der Waals surface area contributed by atoms with Crippen molar-refractivity contribution in [3.63, 3.8) is 0 Å². The quantitative estimate of drug-likeness (QED) is 0.428. The summed E-state index contributed by atoms with van der Waals surface area (Å²) in [5.74, 6) is 0.802. The molecule has 2 aliphatic rings. The molecule has 0 bridgehead atoms. The molecule has 0 aromatic heterocycles. The summed E-state index contributed by atoms with van der Waals surface area (Å²) in [6.07, 6.45) is 1.58. The molecule has 0 spiro atoms. The molecule has 1 aromatic rings. The average molecular weight is 496 g/mol. The third-order valence-electron chi connectivity index (χ3n) is 5.30. The largest absolute Gasteiger partial charge is 0.396 e. The van der Waals surface area contributed by atoms with Gasteiger partial charge in [0.25, 0.3) is 10.0 Å². The van der Waals surface area contributed by atoms with E-state index in [0.717, 1.165) is 38.9 Å². The van der Waals surface area contributed by atoms with Crippen LogP contribution in [0.25, 0.3) is 5.69 Å². The van der Waals surface area contributed by atoms with E-state index >= 15 is 0 Å². The summed E-state index contributed by atoms with van der Waals surface area (Å²) >= 11 is 3.11. The van der Waals surface area contributed by atoms with Gasteiger partial charge in [-0.05, 0) is 51.2 Å². The normalized spacial score (nSPS) is 12.4. The lowest BCUT2D eigenvalue weighted by Crippen LogP contribution is -2.18. The molecule has 0 amide bonds. The van der Waals surface area contributed by atoms with Gasteiger partial charge in [0.05, 0.1) is 9.10 Å². The number of rotatable bonds is 9. The molecule has 0 unspecified atom stereocenters. The van der Waals surface area contributed by atoms with Gasteiger partial charge < -0.3 is 5.11 Å². The van der Waals surface area contributed by atoms with Gasteiger partial charge in [0.1, 0.15) is 5.69 Å². The van der Waals surface area contributed by atoms with Crippen LogP contribution in [0.15, 0.2) is 38.2 Å². The van der Waals surface area contributed by atoms with Crippen molar-refractivity contribution in [3.05, 3.63) is 50.9 Å². The van der Waals surface area contributed by atoms with Crippen LogP contribution in [-0.4, -0.2) is 35.4 Å². The fraction of sp³-hybridized carbons (Fsp3) is 0.455. The van der Waals surface area contributed by atoms with Crippen molar-refractivity contribution in [2.75, 3.05) is 17.1 Å². The van der Waals surface area contributed by atoms with E-state index in [2.05, 4.69) is 23.6 Å². The second kappa shape index (κ2) is 9.54. The molecule has 0 fully saturated rings. The van der Waals surface area contributed by atoms with E-state index in [0.29, 0.717) is 5.69 Å². The number of aromatic nitrogens is 2. The lowest BCUT2D eigenvalue weighted by atomic mass is 9.90. The number of fused-ring (bicyclic) bond motifs is 1. The minimum Gasteiger partial charge on any atom is -0.396 e. The van der Waals surface area contributed by atoms with Gasteiger partial charge in [-0.15, -0.1) is 23.1 Å². The van der Waals surface area contributed by atoms with Gasteiger partial charge in [0.15, 0.2) is 5.82 Å². The second-order valence-electron chi connectivity index (χ2n) is 8.66. The Labute approximate surface area is 197 Å². The molecule has 0 saturated carbocycles. The highest BCUT2D eigenvalue weighted by atomic mass is 32.2. The molecule has 1 aromatic carbocycles. The third kappa shape index (κ3) is 5.36. The molecule has 174 valence electrons. The topological polar surface area (TPSA) is 101 Å². The van der Waals surface area contributed by atoms with Crippen molar-refractivity contribution in [2.24, 2.45) is 5.41 Å². The molecule has 2 heterocycles. The number of nitrogens with one attached hydrogen (secondary N) is 1. The summed E-state index contributed by atoms with van der Waals surface area (Å²) in [5.41, 5.74) is 1.65. The Bertz CT molecular complexity index is 1230. The number of hydrogen-bond donors (Lipinski definition) is 2. The Hall–Kier alpha value is -1.88. The lowest BCUT2D eigenvalue weighted by molar-refractivity contribution is 0.254. The van der Waals surface area contributed by atoms with Crippen LogP contribution in [0.4, 0.5) is 5.82 Å². The minimum absolute atomic E-state index is 0.0300. The summed E-state index contributed by atoms with van der Waals surface area (Å²) in [6, 6.07) is 6.52. The highest BCUT2D eigenvalue weighted by molar-refractivity contribution is 8.01. The van der Waals surface area contributed by atoms with Crippen molar-refractivity contribution in [1.29, 1.82) is 0 Å². The van der Waals surface area contributed by atoms with Gasteiger partial charge in [-0.25, -0.2) is 13.2 Å². The van der Waals surface area contributed by atoms with Crippen molar-refractivity contribution < 1.29 is 13.5 Å². The lowest BCUT2D eigenvalue weighted by Gasteiger charge is -2.24. The van der Waals surface area contributed by atoms with E-state index < -0.39 is 15.7 Å². The van der Waals surface area contributed by atoms with Gasteiger partial charge in [0.2, 0.25) is 0 Å². The van der Waals surface area contributed by atoms with Gasteiger partial charge in [0, 0.05) is 22.9 Å². The predicted molar refractivity (Wildman–Crippen MR) is 131 cm³/mol. The number of benzene rings is 1. The molecule has 0 radical (unpaired) electrons. The zero-order valence-corrected chi connectivity index (χ0v) is 21.4. The van der Waals surface area contributed by atoms with Crippen LogP contribution in [0.3, 0.4) is 0 Å². The smallest absolute Gasteiger partial charge is 0.354 e. The Morgan fingerprint density at radius 2 is 1.84 bits per heavy atom. The summed E-state index contributed by atoms with van der Waals surface area (Å²) in [5, 5.41) is 9.16. The standard InChI is InChI=1S/C22H29N3O4S3/c1-14-7-9-17(10-8-14)32(28,29)24-19-18-20(30-13-22(4,5)11-6-12-26)31-16(3)15(2)25(18)21(27)23-19/h7-10,26H,6,11-13H2,1-5H3,(H,23,24,27). The van der Waals surface area contributed by atoms with Gasteiger partial charge in [-0.3, -0.25) is 9.29 Å². The number of aliphatic hydroxyl groups excluding tert-OH is 1. The first-order valence-electron chi connectivity index (χ1n) is 10.3. The molecule has 2 N–H and O–H groups in total. The number of hydrogen-bond acceptors (Lipinski definition) is 7. The van der Waals surface area contributed by atoms with Crippen LogP contribution in [0.1, 0.15) is 42.8 Å². The number of sulfonamides is 1. The third-order valence-corrected chi connectivity index (χ3v) is 9.62. The van der Waals surface area contributed by atoms with Crippen molar-refractivity contribution in [3.8, 4) is 5.69 Å². The molecule has 0 aliphatic carbocycles. The Kier molecular flexibility index (Phi) is 7.38. The first-order valence-corrected chi connectivity index (χ1v) is 13.6. The van der Waals surface area contributed by atoms with Crippen LogP contribution in [0, 0.1) is 26.2 Å². The van der Waals surface area contributed by atoms with Crippen molar-refractivity contribution >= 4 is 38.9 Å². The fourth-order valence-electron chi connectivity index (χ4n) is 3.28. The van der Waals surface area contributed by atoms with E-state index in [1.807, 2.05) is 20.8 Å². The number of anilines is 1. The highest BCUT2D eigenvalue weighted by Crippen LogP contribution is 2.41. The van der Waals surface area contributed by atoms with Gasteiger partial charge in [-0.2, -0.15) is 4.98 Å². The van der Waals surface area contributed by atoms with Crippen LogP contribution in [0.2, 0.25) is 0 Å². The second-order valence-corrected chi connectivity index (χ2v) is 12.8. The molecule has 0 saturated heterocycles. The summed E-state index contributed by atoms with van der Waals surface area (Å²) in [4.78, 5) is 17.9. The van der Waals surface area contributed by atoms with E-state index in [4.69, 9.17) is 5.11 Å². The molecule has 3 rings (SSSR count). The van der Waals surface area contributed by atoms with Crippen LogP contribution in [-0.2, 0) is 10.0 Å². The van der Waals surface area contributed by atoms with Crippen molar-refractivity contribution in [2.45, 2.75) is 56.6 Å². The molecular formula is C22H29N3O4S3. The molecular weight excluding hydrogens is 466 g/mol. The first kappa shape index (κ1) is 24.8. The first-order chi connectivity index (χ1) is 14.9. The van der Waals surface area contributed by atoms with E-state index in [-0.39, 0.29) is 22.7 Å².